The van der Waals surface area contributed by atoms with Crippen molar-refractivity contribution >= 4 is 0 Å². The van der Waals surface area contributed by atoms with Crippen LogP contribution < -0.4 is 0 Å². The Kier molecular flexibility index (Phi) is 2.54. The van der Waals surface area contributed by atoms with Crippen molar-refractivity contribution in [3.05, 3.63) is 35.2 Å². The third-order valence-corrected chi connectivity index (χ3v) is 3.95. The average Bonchev–Trinajstić information content (AvgIpc) is 3.01. The van der Waals surface area contributed by atoms with Crippen LogP contribution in [0, 0.1) is 13.8 Å². The van der Waals surface area contributed by atoms with Crippen molar-refractivity contribution in [3.63, 3.8) is 0 Å². The summed E-state index contributed by atoms with van der Waals surface area (Å²) in [4.78, 5) is 4.47. The molecule has 1 aliphatic rings. The first-order valence-electron chi connectivity index (χ1n) is 6.62. The smallest absolute Gasteiger partial charge is 0.115 e. The van der Waals surface area contributed by atoms with Gasteiger partial charge in [-0.2, -0.15) is 5.10 Å². The topological polar surface area (TPSA) is 35.6 Å². The molecule has 0 radical (unpaired) electrons. The number of nitrogens with zero attached hydrogens (tertiary/aromatic N) is 4. The van der Waals surface area contributed by atoms with Crippen molar-refractivity contribution in [3.8, 4) is 0 Å². The Morgan fingerprint density at radius 1 is 1.33 bits per heavy atom. The van der Waals surface area contributed by atoms with Crippen molar-refractivity contribution < 1.29 is 0 Å². The monoisotopic (exact) mass is 244 g/mol. The van der Waals surface area contributed by atoms with Crippen LogP contribution in [0.4, 0.5) is 0 Å². The Morgan fingerprint density at radius 2 is 2.06 bits per heavy atom. The second kappa shape index (κ2) is 3.97. The van der Waals surface area contributed by atoms with Gasteiger partial charge < -0.3 is 4.57 Å². The van der Waals surface area contributed by atoms with E-state index in [9.17, 15) is 0 Å². The first kappa shape index (κ1) is 11.5. The Balaban J connectivity index is 2.03. The SMILES string of the molecule is Cc1nn(C2CC2)c(C)c1C(C)c1nccn1C. The quantitative estimate of drug-likeness (QED) is 0.832. The normalized spacial score (nSPS) is 17.1. The minimum atomic E-state index is 0.303. The fourth-order valence-electron chi connectivity index (χ4n) is 2.90. The Labute approximate surface area is 108 Å². The van der Waals surface area contributed by atoms with Crippen LogP contribution in [0.1, 0.15) is 54.5 Å². The van der Waals surface area contributed by atoms with E-state index in [1.54, 1.807) is 0 Å². The van der Waals surface area contributed by atoms with Crippen LogP contribution in [0.3, 0.4) is 0 Å². The summed E-state index contributed by atoms with van der Waals surface area (Å²) in [7, 11) is 2.05. The summed E-state index contributed by atoms with van der Waals surface area (Å²) in [5, 5.41) is 4.71. The molecule has 1 atom stereocenters. The number of hydrogen-bond acceptors (Lipinski definition) is 2. The number of aryl methyl sites for hydroxylation is 2. The molecule has 4 nitrogen and oxygen atoms in total. The van der Waals surface area contributed by atoms with Gasteiger partial charge in [-0.15, -0.1) is 0 Å². The zero-order valence-electron chi connectivity index (χ0n) is 11.5. The van der Waals surface area contributed by atoms with E-state index in [1.807, 2.05) is 12.4 Å². The standard InChI is InChI=1S/C14H20N4/c1-9(14-15-7-8-17(14)4)13-10(2)16-18(11(13)3)12-5-6-12/h7-9,12H,5-6H2,1-4H3. The van der Waals surface area contributed by atoms with Gasteiger partial charge in [-0.3, -0.25) is 4.68 Å². The van der Waals surface area contributed by atoms with E-state index < -0.39 is 0 Å². The molecule has 0 N–H and O–H groups in total. The molecule has 0 spiro atoms. The highest BCUT2D eigenvalue weighted by molar-refractivity contribution is 5.33. The summed E-state index contributed by atoms with van der Waals surface area (Å²) < 4.78 is 4.31. The van der Waals surface area contributed by atoms with Crippen LogP contribution in [0.15, 0.2) is 12.4 Å². The van der Waals surface area contributed by atoms with E-state index in [1.165, 1.54) is 24.1 Å². The predicted octanol–water partition coefficient (Wildman–Crippen LogP) is 2.72. The molecule has 0 saturated heterocycles. The van der Waals surface area contributed by atoms with E-state index in [-0.39, 0.29) is 0 Å². The predicted molar refractivity (Wildman–Crippen MR) is 70.7 cm³/mol. The lowest BCUT2D eigenvalue weighted by Crippen LogP contribution is -2.07. The maximum atomic E-state index is 4.71. The van der Waals surface area contributed by atoms with E-state index in [2.05, 4.69) is 42.1 Å². The van der Waals surface area contributed by atoms with Crippen LogP contribution in [0.25, 0.3) is 0 Å². The number of aromatic nitrogens is 4. The van der Waals surface area contributed by atoms with Gasteiger partial charge in [-0.25, -0.2) is 4.98 Å². The van der Waals surface area contributed by atoms with E-state index in [0.717, 1.165) is 11.5 Å². The van der Waals surface area contributed by atoms with Gasteiger partial charge in [0.05, 0.1) is 11.7 Å². The molecule has 2 heterocycles. The fraction of sp³-hybridized carbons (Fsp3) is 0.571. The largest absolute Gasteiger partial charge is 0.338 e. The minimum absolute atomic E-state index is 0.303. The van der Waals surface area contributed by atoms with Crippen molar-refractivity contribution in [2.45, 2.75) is 45.6 Å². The molecule has 0 bridgehead atoms. The highest BCUT2D eigenvalue weighted by Crippen LogP contribution is 2.38. The molecule has 96 valence electrons. The molecule has 1 fully saturated rings. The van der Waals surface area contributed by atoms with Crippen molar-refractivity contribution in [1.82, 2.24) is 19.3 Å². The zero-order chi connectivity index (χ0) is 12.9. The van der Waals surface area contributed by atoms with Crippen LogP contribution in [-0.4, -0.2) is 19.3 Å². The third kappa shape index (κ3) is 1.67. The molecule has 1 unspecified atom stereocenters. The van der Waals surface area contributed by atoms with Gasteiger partial charge in [0.25, 0.3) is 0 Å². The summed E-state index contributed by atoms with van der Waals surface area (Å²) in [6, 6.07) is 0.644. The molecule has 2 aromatic rings. The van der Waals surface area contributed by atoms with Gasteiger partial charge in [0.1, 0.15) is 5.82 Å². The average molecular weight is 244 g/mol. The highest BCUT2D eigenvalue weighted by atomic mass is 15.3. The molecular weight excluding hydrogens is 224 g/mol. The number of imidazole rings is 1. The summed E-state index contributed by atoms with van der Waals surface area (Å²) in [6.07, 6.45) is 6.42. The maximum absolute atomic E-state index is 4.71. The Morgan fingerprint density at radius 3 is 2.61 bits per heavy atom. The molecular formula is C14H20N4. The van der Waals surface area contributed by atoms with Gasteiger partial charge in [0, 0.05) is 36.6 Å². The van der Waals surface area contributed by atoms with E-state index >= 15 is 0 Å². The number of rotatable bonds is 3. The van der Waals surface area contributed by atoms with Crippen LogP contribution in [0.2, 0.25) is 0 Å². The Bertz CT molecular complexity index is 575. The molecule has 2 aromatic heterocycles. The zero-order valence-corrected chi connectivity index (χ0v) is 11.5. The summed E-state index contributed by atoms with van der Waals surface area (Å²) >= 11 is 0. The second-order valence-electron chi connectivity index (χ2n) is 5.38. The first-order valence-corrected chi connectivity index (χ1v) is 6.62. The van der Waals surface area contributed by atoms with Gasteiger partial charge >= 0.3 is 0 Å². The number of hydrogen-bond donors (Lipinski definition) is 0. The lowest BCUT2D eigenvalue weighted by atomic mass is 9.98. The van der Waals surface area contributed by atoms with Gasteiger partial charge in [-0.05, 0) is 26.7 Å². The molecule has 0 aromatic carbocycles. The fourth-order valence-corrected chi connectivity index (χ4v) is 2.90. The lowest BCUT2D eigenvalue weighted by molar-refractivity contribution is 0.615. The van der Waals surface area contributed by atoms with Crippen molar-refractivity contribution in [2.24, 2.45) is 7.05 Å². The molecule has 1 saturated carbocycles. The Hall–Kier alpha value is -1.58. The first-order chi connectivity index (χ1) is 8.59. The second-order valence-corrected chi connectivity index (χ2v) is 5.38. The highest BCUT2D eigenvalue weighted by Gasteiger charge is 2.29. The van der Waals surface area contributed by atoms with Crippen LogP contribution in [-0.2, 0) is 7.05 Å². The summed E-state index contributed by atoms with van der Waals surface area (Å²) in [5.74, 6) is 1.41. The van der Waals surface area contributed by atoms with Crippen LogP contribution in [0.5, 0.6) is 0 Å². The molecule has 3 rings (SSSR count). The van der Waals surface area contributed by atoms with Crippen molar-refractivity contribution in [2.75, 3.05) is 0 Å². The minimum Gasteiger partial charge on any atom is -0.338 e. The van der Waals surface area contributed by atoms with Gasteiger partial charge in [0.2, 0.25) is 0 Å². The molecule has 4 heteroatoms. The van der Waals surface area contributed by atoms with E-state index in [4.69, 9.17) is 5.10 Å². The molecule has 1 aliphatic carbocycles. The van der Waals surface area contributed by atoms with Crippen molar-refractivity contribution in [1.29, 1.82) is 0 Å². The summed E-state index contributed by atoms with van der Waals surface area (Å²) in [6.45, 7) is 6.52. The molecule has 0 aliphatic heterocycles. The van der Waals surface area contributed by atoms with Gasteiger partial charge in [0.15, 0.2) is 0 Å². The van der Waals surface area contributed by atoms with Crippen LogP contribution >= 0.6 is 0 Å². The molecule has 0 amide bonds. The third-order valence-electron chi connectivity index (χ3n) is 3.95. The maximum Gasteiger partial charge on any atom is 0.115 e. The van der Waals surface area contributed by atoms with E-state index in [0.29, 0.717) is 12.0 Å². The summed E-state index contributed by atoms with van der Waals surface area (Å²) in [5.41, 5.74) is 3.80. The van der Waals surface area contributed by atoms with Gasteiger partial charge in [-0.1, -0.05) is 6.92 Å². The molecule has 18 heavy (non-hydrogen) atoms. The lowest BCUT2D eigenvalue weighted by Gasteiger charge is -2.12.